The quantitative estimate of drug-likeness (QED) is 0.800. The number of ether oxygens (including phenoxy) is 1. The van der Waals surface area contributed by atoms with Crippen LogP contribution in [0.1, 0.15) is 24.5 Å². The van der Waals surface area contributed by atoms with Gasteiger partial charge in [0.15, 0.2) is 0 Å². The standard InChI is InChI=1S/C17H21NOS/c1-4-10-19-14-6-5-7-15(17(14)18)20-16-11-12(2)8-9-13(16)3/h5-9,11H,4,10,18H2,1-3H3. The van der Waals surface area contributed by atoms with Gasteiger partial charge in [0.05, 0.1) is 12.3 Å². The van der Waals surface area contributed by atoms with E-state index in [1.54, 1.807) is 11.8 Å². The monoisotopic (exact) mass is 287 g/mol. The average Bonchev–Trinajstić information content (AvgIpc) is 2.44. The molecule has 2 nitrogen and oxygen atoms in total. The molecular weight excluding hydrogens is 266 g/mol. The van der Waals surface area contributed by atoms with E-state index in [9.17, 15) is 0 Å². The van der Waals surface area contributed by atoms with E-state index in [-0.39, 0.29) is 0 Å². The molecule has 0 atom stereocenters. The van der Waals surface area contributed by atoms with Gasteiger partial charge in [-0.25, -0.2) is 0 Å². The molecule has 0 unspecified atom stereocenters. The molecule has 3 heteroatoms. The van der Waals surface area contributed by atoms with Crippen molar-refractivity contribution in [3.63, 3.8) is 0 Å². The van der Waals surface area contributed by atoms with E-state index in [1.807, 2.05) is 18.2 Å². The van der Waals surface area contributed by atoms with Crippen molar-refractivity contribution in [1.82, 2.24) is 0 Å². The van der Waals surface area contributed by atoms with E-state index in [4.69, 9.17) is 10.5 Å². The summed E-state index contributed by atoms with van der Waals surface area (Å²) in [5, 5.41) is 0. The number of nitrogen functional groups attached to an aromatic ring is 1. The summed E-state index contributed by atoms with van der Waals surface area (Å²) in [5.74, 6) is 0.780. The Hall–Kier alpha value is -1.61. The van der Waals surface area contributed by atoms with Gasteiger partial charge in [-0.15, -0.1) is 0 Å². The Labute approximate surface area is 125 Å². The molecule has 2 N–H and O–H groups in total. The fourth-order valence-corrected chi connectivity index (χ4v) is 2.95. The van der Waals surface area contributed by atoms with Gasteiger partial charge in [0.25, 0.3) is 0 Å². The number of para-hydroxylation sites is 1. The lowest BCUT2D eigenvalue weighted by Gasteiger charge is -2.13. The lowest BCUT2D eigenvalue weighted by Crippen LogP contribution is -2.00. The lowest BCUT2D eigenvalue weighted by atomic mass is 10.2. The highest BCUT2D eigenvalue weighted by Crippen LogP contribution is 2.38. The molecular formula is C17H21NOS. The maximum atomic E-state index is 6.21. The summed E-state index contributed by atoms with van der Waals surface area (Å²) in [5.41, 5.74) is 9.47. The highest BCUT2D eigenvalue weighted by Gasteiger charge is 2.09. The Morgan fingerprint density at radius 2 is 1.90 bits per heavy atom. The van der Waals surface area contributed by atoms with Crippen molar-refractivity contribution in [1.29, 1.82) is 0 Å². The van der Waals surface area contributed by atoms with Crippen LogP contribution in [0.3, 0.4) is 0 Å². The van der Waals surface area contributed by atoms with Crippen LogP contribution in [0.2, 0.25) is 0 Å². The van der Waals surface area contributed by atoms with E-state index in [2.05, 4.69) is 39.0 Å². The van der Waals surface area contributed by atoms with Crippen LogP contribution in [-0.4, -0.2) is 6.61 Å². The second kappa shape index (κ2) is 6.71. The predicted molar refractivity (Wildman–Crippen MR) is 86.7 cm³/mol. The molecule has 0 saturated carbocycles. The van der Waals surface area contributed by atoms with Crippen LogP contribution in [0.4, 0.5) is 5.69 Å². The van der Waals surface area contributed by atoms with Gasteiger partial charge in [0, 0.05) is 9.79 Å². The molecule has 0 bridgehead atoms. The highest BCUT2D eigenvalue weighted by atomic mass is 32.2. The first-order valence-corrected chi connectivity index (χ1v) is 7.70. The first-order chi connectivity index (χ1) is 9.61. The topological polar surface area (TPSA) is 35.2 Å². The van der Waals surface area contributed by atoms with Gasteiger partial charge in [-0.3, -0.25) is 0 Å². The summed E-state index contributed by atoms with van der Waals surface area (Å²) in [6, 6.07) is 12.4. The van der Waals surface area contributed by atoms with Crippen molar-refractivity contribution in [2.75, 3.05) is 12.3 Å². The van der Waals surface area contributed by atoms with E-state index >= 15 is 0 Å². The third-order valence-electron chi connectivity index (χ3n) is 3.05. The molecule has 0 fully saturated rings. The molecule has 0 heterocycles. The summed E-state index contributed by atoms with van der Waals surface area (Å²) in [7, 11) is 0. The van der Waals surface area contributed by atoms with Crippen molar-refractivity contribution >= 4 is 17.4 Å². The normalized spacial score (nSPS) is 10.6. The van der Waals surface area contributed by atoms with Crippen LogP contribution in [-0.2, 0) is 0 Å². The zero-order chi connectivity index (χ0) is 14.5. The van der Waals surface area contributed by atoms with Crippen LogP contribution >= 0.6 is 11.8 Å². The molecule has 0 aliphatic heterocycles. The molecule has 0 aliphatic carbocycles. The first-order valence-electron chi connectivity index (χ1n) is 6.88. The zero-order valence-electron chi connectivity index (χ0n) is 12.3. The number of benzene rings is 2. The van der Waals surface area contributed by atoms with Crippen molar-refractivity contribution in [2.45, 2.75) is 37.0 Å². The van der Waals surface area contributed by atoms with E-state index in [1.165, 1.54) is 16.0 Å². The summed E-state index contributed by atoms with van der Waals surface area (Å²) in [6.45, 7) is 7.01. The molecule has 20 heavy (non-hydrogen) atoms. The largest absolute Gasteiger partial charge is 0.491 e. The van der Waals surface area contributed by atoms with Crippen LogP contribution in [0, 0.1) is 13.8 Å². The summed E-state index contributed by atoms with van der Waals surface area (Å²) >= 11 is 1.70. The SMILES string of the molecule is CCCOc1cccc(Sc2cc(C)ccc2C)c1N. The Morgan fingerprint density at radius 1 is 1.10 bits per heavy atom. The smallest absolute Gasteiger partial charge is 0.143 e. The Morgan fingerprint density at radius 3 is 2.65 bits per heavy atom. The van der Waals surface area contributed by atoms with Gasteiger partial charge in [0.2, 0.25) is 0 Å². The summed E-state index contributed by atoms with van der Waals surface area (Å²) in [6.07, 6.45) is 0.980. The number of hydrogen-bond acceptors (Lipinski definition) is 3. The highest BCUT2D eigenvalue weighted by molar-refractivity contribution is 7.99. The molecule has 2 rings (SSSR count). The van der Waals surface area contributed by atoms with Gasteiger partial charge in [-0.05, 0) is 49.6 Å². The Kier molecular flexibility index (Phi) is 4.96. The number of hydrogen-bond donors (Lipinski definition) is 1. The second-order valence-electron chi connectivity index (χ2n) is 4.89. The fraction of sp³-hybridized carbons (Fsp3) is 0.294. The average molecular weight is 287 g/mol. The number of aryl methyl sites for hydroxylation is 2. The minimum atomic E-state index is 0.696. The van der Waals surface area contributed by atoms with Gasteiger partial charge >= 0.3 is 0 Å². The number of nitrogens with two attached hydrogens (primary N) is 1. The van der Waals surface area contributed by atoms with Crippen molar-refractivity contribution < 1.29 is 4.74 Å². The molecule has 0 saturated heterocycles. The lowest BCUT2D eigenvalue weighted by molar-refractivity contribution is 0.318. The van der Waals surface area contributed by atoms with Crippen LogP contribution in [0.25, 0.3) is 0 Å². The van der Waals surface area contributed by atoms with Crippen molar-refractivity contribution in [2.24, 2.45) is 0 Å². The molecule has 106 valence electrons. The van der Waals surface area contributed by atoms with Crippen LogP contribution in [0.15, 0.2) is 46.2 Å². The maximum Gasteiger partial charge on any atom is 0.143 e. The van der Waals surface area contributed by atoms with E-state index in [0.717, 1.165) is 22.8 Å². The van der Waals surface area contributed by atoms with Gasteiger partial charge in [-0.2, -0.15) is 0 Å². The Balaban J connectivity index is 2.27. The minimum absolute atomic E-state index is 0.696. The Bertz CT molecular complexity index is 596. The van der Waals surface area contributed by atoms with Crippen LogP contribution < -0.4 is 10.5 Å². The minimum Gasteiger partial charge on any atom is -0.491 e. The van der Waals surface area contributed by atoms with E-state index < -0.39 is 0 Å². The van der Waals surface area contributed by atoms with E-state index in [0.29, 0.717) is 6.61 Å². The predicted octanol–water partition coefficient (Wildman–Crippen LogP) is 4.83. The van der Waals surface area contributed by atoms with Gasteiger partial charge in [0.1, 0.15) is 5.75 Å². The molecule has 0 amide bonds. The third kappa shape index (κ3) is 3.48. The maximum absolute atomic E-state index is 6.21. The van der Waals surface area contributed by atoms with Crippen LogP contribution in [0.5, 0.6) is 5.75 Å². The number of rotatable bonds is 5. The molecule has 2 aromatic rings. The molecule has 0 aromatic heterocycles. The second-order valence-corrected chi connectivity index (χ2v) is 5.97. The fourth-order valence-electron chi connectivity index (χ4n) is 1.89. The molecule has 0 spiro atoms. The molecule has 0 radical (unpaired) electrons. The number of anilines is 1. The first kappa shape index (κ1) is 14.8. The van der Waals surface area contributed by atoms with Gasteiger partial charge in [-0.1, -0.05) is 36.9 Å². The molecule has 2 aromatic carbocycles. The zero-order valence-corrected chi connectivity index (χ0v) is 13.1. The summed E-state index contributed by atoms with van der Waals surface area (Å²) < 4.78 is 5.68. The third-order valence-corrected chi connectivity index (χ3v) is 4.29. The van der Waals surface area contributed by atoms with Gasteiger partial charge < -0.3 is 10.5 Å². The van der Waals surface area contributed by atoms with Crippen molar-refractivity contribution in [3.05, 3.63) is 47.5 Å². The molecule has 0 aliphatic rings. The van der Waals surface area contributed by atoms with Crippen molar-refractivity contribution in [3.8, 4) is 5.75 Å². The summed E-state index contributed by atoms with van der Waals surface area (Å²) in [4.78, 5) is 2.29.